The molecule has 0 aliphatic carbocycles. The Kier molecular flexibility index (Phi) is 8.11. The lowest BCUT2D eigenvalue weighted by atomic mass is 10.0. The molecule has 3 heteroatoms. The lowest BCUT2D eigenvalue weighted by Crippen LogP contribution is -2.25. The van der Waals surface area contributed by atoms with Gasteiger partial charge in [0, 0.05) is 24.2 Å². The maximum Gasteiger partial charge on any atom is 0.0591 e. The second kappa shape index (κ2) is 9.35. The Bertz CT molecular complexity index is 337. The summed E-state index contributed by atoms with van der Waals surface area (Å²) >= 11 is 5.91. The van der Waals surface area contributed by atoms with E-state index in [9.17, 15) is 0 Å². The van der Waals surface area contributed by atoms with Crippen LogP contribution in [0.3, 0.4) is 0 Å². The number of hydrogen-bond donors (Lipinski definition) is 1. The normalized spacial score (nSPS) is 12.9. The molecule has 0 aliphatic heterocycles. The summed E-state index contributed by atoms with van der Waals surface area (Å²) in [5.41, 5.74) is 1.29. The molecule has 0 saturated carbocycles. The van der Waals surface area contributed by atoms with E-state index in [2.05, 4.69) is 38.2 Å². The highest BCUT2D eigenvalue weighted by Gasteiger charge is 2.07. The summed E-state index contributed by atoms with van der Waals surface area (Å²) in [5.74, 6) is 0.713. The van der Waals surface area contributed by atoms with Crippen molar-refractivity contribution in [3.63, 3.8) is 0 Å². The van der Waals surface area contributed by atoms with E-state index in [4.69, 9.17) is 16.3 Å². The van der Waals surface area contributed by atoms with E-state index in [1.807, 2.05) is 12.1 Å². The van der Waals surface area contributed by atoms with Gasteiger partial charge in [0.1, 0.15) is 0 Å². The lowest BCUT2D eigenvalue weighted by Gasteiger charge is -2.17. The van der Waals surface area contributed by atoms with E-state index in [-0.39, 0.29) is 0 Å². The first kappa shape index (κ1) is 16.5. The van der Waals surface area contributed by atoms with Crippen LogP contribution in [0.25, 0.3) is 0 Å². The van der Waals surface area contributed by atoms with Crippen molar-refractivity contribution in [2.24, 2.45) is 5.92 Å². The Labute approximate surface area is 122 Å². The largest absolute Gasteiger partial charge is 0.380 e. The highest BCUT2D eigenvalue weighted by Crippen LogP contribution is 2.18. The molecule has 0 aliphatic rings. The number of rotatable bonds is 9. The Morgan fingerprint density at radius 1 is 1.16 bits per heavy atom. The Morgan fingerprint density at radius 2 is 1.84 bits per heavy atom. The van der Waals surface area contributed by atoms with Crippen molar-refractivity contribution in [3.8, 4) is 0 Å². The van der Waals surface area contributed by atoms with Crippen molar-refractivity contribution in [1.82, 2.24) is 5.32 Å². The van der Waals surface area contributed by atoms with Gasteiger partial charge >= 0.3 is 0 Å². The Morgan fingerprint density at radius 3 is 2.42 bits per heavy atom. The molecule has 0 saturated heterocycles. The van der Waals surface area contributed by atoms with Crippen molar-refractivity contribution < 1.29 is 4.74 Å². The van der Waals surface area contributed by atoms with Crippen LogP contribution in [0, 0.1) is 5.92 Å². The van der Waals surface area contributed by atoms with E-state index in [0.717, 1.165) is 37.6 Å². The molecule has 0 aromatic heterocycles. The molecule has 0 radical (unpaired) electrons. The highest BCUT2D eigenvalue weighted by atomic mass is 35.5. The third kappa shape index (κ3) is 6.95. The van der Waals surface area contributed by atoms with Crippen LogP contribution in [0.15, 0.2) is 24.3 Å². The molecule has 1 atom stereocenters. The minimum atomic E-state index is 0.381. The molecule has 1 unspecified atom stereocenters. The van der Waals surface area contributed by atoms with Crippen LogP contribution in [-0.4, -0.2) is 19.8 Å². The second-order valence-electron chi connectivity index (χ2n) is 5.26. The monoisotopic (exact) mass is 283 g/mol. The van der Waals surface area contributed by atoms with Crippen LogP contribution in [0.5, 0.6) is 0 Å². The lowest BCUT2D eigenvalue weighted by molar-refractivity contribution is 0.123. The third-order valence-corrected chi connectivity index (χ3v) is 3.41. The zero-order valence-electron chi connectivity index (χ0n) is 12.3. The fourth-order valence-electron chi connectivity index (χ4n) is 1.92. The van der Waals surface area contributed by atoms with Gasteiger partial charge < -0.3 is 10.1 Å². The van der Waals surface area contributed by atoms with Gasteiger partial charge in [0.15, 0.2) is 0 Å². The van der Waals surface area contributed by atoms with Gasteiger partial charge in [-0.3, -0.25) is 0 Å². The molecule has 1 aromatic rings. The third-order valence-electron chi connectivity index (χ3n) is 3.16. The zero-order valence-corrected chi connectivity index (χ0v) is 13.0. The van der Waals surface area contributed by atoms with Crippen molar-refractivity contribution in [1.29, 1.82) is 0 Å². The van der Waals surface area contributed by atoms with E-state index in [0.29, 0.717) is 12.0 Å². The molecule has 108 valence electrons. The van der Waals surface area contributed by atoms with Crippen LogP contribution >= 0.6 is 11.6 Å². The van der Waals surface area contributed by atoms with Gasteiger partial charge in [-0.25, -0.2) is 0 Å². The SMILES string of the molecule is CCC(NCCOCCC(C)C)c1ccc(Cl)cc1. The molecule has 1 rings (SSSR count). The van der Waals surface area contributed by atoms with E-state index >= 15 is 0 Å². The summed E-state index contributed by atoms with van der Waals surface area (Å²) in [6.45, 7) is 9.14. The molecule has 0 amide bonds. The number of nitrogens with one attached hydrogen (secondary N) is 1. The van der Waals surface area contributed by atoms with Gasteiger partial charge in [-0.2, -0.15) is 0 Å². The summed E-state index contributed by atoms with van der Waals surface area (Å²) in [6, 6.07) is 8.44. The fraction of sp³-hybridized carbons (Fsp3) is 0.625. The van der Waals surface area contributed by atoms with Crippen LogP contribution in [0.2, 0.25) is 5.02 Å². The first-order valence-electron chi connectivity index (χ1n) is 7.20. The van der Waals surface area contributed by atoms with E-state index in [1.165, 1.54) is 5.56 Å². The second-order valence-corrected chi connectivity index (χ2v) is 5.70. The minimum absolute atomic E-state index is 0.381. The topological polar surface area (TPSA) is 21.3 Å². The molecular formula is C16H26ClNO. The van der Waals surface area contributed by atoms with Crippen LogP contribution in [0.1, 0.15) is 45.2 Å². The highest BCUT2D eigenvalue weighted by molar-refractivity contribution is 6.30. The number of benzene rings is 1. The predicted molar refractivity (Wildman–Crippen MR) is 82.8 cm³/mol. The number of hydrogen-bond acceptors (Lipinski definition) is 2. The molecule has 19 heavy (non-hydrogen) atoms. The first-order chi connectivity index (χ1) is 9.13. The molecule has 2 nitrogen and oxygen atoms in total. The molecule has 0 fully saturated rings. The maximum atomic E-state index is 5.91. The molecular weight excluding hydrogens is 258 g/mol. The smallest absolute Gasteiger partial charge is 0.0591 e. The van der Waals surface area contributed by atoms with Crippen LogP contribution in [0.4, 0.5) is 0 Å². The van der Waals surface area contributed by atoms with Crippen molar-refractivity contribution >= 4 is 11.6 Å². The van der Waals surface area contributed by atoms with E-state index < -0.39 is 0 Å². The van der Waals surface area contributed by atoms with Crippen molar-refractivity contribution in [2.75, 3.05) is 19.8 Å². The molecule has 0 bridgehead atoms. The van der Waals surface area contributed by atoms with Gasteiger partial charge in [0.05, 0.1) is 6.61 Å². The predicted octanol–water partition coefficient (Wildman–Crippen LogP) is 4.44. The fourth-order valence-corrected chi connectivity index (χ4v) is 2.05. The van der Waals surface area contributed by atoms with E-state index in [1.54, 1.807) is 0 Å². The molecule has 1 N–H and O–H groups in total. The first-order valence-corrected chi connectivity index (χ1v) is 7.57. The van der Waals surface area contributed by atoms with Gasteiger partial charge in [0.25, 0.3) is 0 Å². The quantitative estimate of drug-likeness (QED) is 0.676. The van der Waals surface area contributed by atoms with Gasteiger partial charge in [0.2, 0.25) is 0 Å². The summed E-state index contributed by atoms with van der Waals surface area (Å²) in [5, 5.41) is 4.31. The number of ether oxygens (including phenoxy) is 1. The minimum Gasteiger partial charge on any atom is -0.380 e. The Hall–Kier alpha value is -0.570. The standard InChI is InChI=1S/C16H26ClNO/c1-4-16(14-5-7-15(17)8-6-14)18-10-12-19-11-9-13(2)3/h5-8,13,16,18H,4,9-12H2,1-3H3. The molecule has 0 spiro atoms. The van der Waals surface area contributed by atoms with Crippen LogP contribution < -0.4 is 5.32 Å². The Balaban J connectivity index is 2.24. The van der Waals surface area contributed by atoms with Gasteiger partial charge in [-0.15, -0.1) is 0 Å². The van der Waals surface area contributed by atoms with Gasteiger partial charge in [-0.05, 0) is 36.5 Å². The molecule has 0 heterocycles. The summed E-state index contributed by atoms with van der Waals surface area (Å²) < 4.78 is 5.61. The number of halogens is 1. The summed E-state index contributed by atoms with van der Waals surface area (Å²) in [7, 11) is 0. The van der Waals surface area contributed by atoms with Crippen molar-refractivity contribution in [3.05, 3.63) is 34.9 Å². The zero-order chi connectivity index (χ0) is 14.1. The molecule has 1 aromatic carbocycles. The maximum absolute atomic E-state index is 5.91. The van der Waals surface area contributed by atoms with Crippen LogP contribution in [-0.2, 0) is 4.74 Å². The summed E-state index contributed by atoms with van der Waals surface area (Å²) in [6.07, 6.45) is 2.20. The van der Waals surface area contributed by atoms with Crippen molar-refractivity contribution in [2.45, 2.75) is 39.7 Å². The average Bonchev–Trinajstić information content (AvgIpc) is 2.39. The van der Waals surface area contributed by atoms with Gasteiger partial charge in [-0.1, -0.05) is 44.5 Å². The summed E-state index contributed by atoms with van der Waals surface area (Å²) in [4.78, 5) is 0. The average molecular weight is 284 g/mol.